The van der Waals surface area contributed by atoms with Crippen LogP contribution in [0.1, 0.15) is 51.4 Å². The van der Waals surface area contributed by atoms with Crippen molar-refractivity contribution in [2.45, 2.75) is 45.6 Å². The Hall–Kier alpha value is -0.990. The number of aliphatic hydroxyl groups is 1. The molecule has 1 heterocycles. The SMILES string of the molecule is CCCCC(CC)C(O)c1cc2cc(Cl)ccc2o1. The van der Waals surface area contributed by atoms with Crippen molar-refractivity contribution in [3.05, 3.63) is 35.0 Å². The summed E-state index contributed by atoms with van der Waals surface area (Å²) >= 11 is 5.96. The van der Waals surface area contributed by atoms with Crippen LogP contribution in [0.3, 0.4) is 0 Å². The molecule has 2 rings (SSSR count). The fourth-order valence-corrected chi connectivity index (χ4v) is 2.64. The topological polar surface area (TPSA) is 33.4 Å². The molecule has 1 aromatic heterocycles. The second kappa shape index (κ2) is 6.44. The van der Waals surface area contributed by atoms with E-state index < -0.39 is 6.10 Å². The van der Waals surface area contributed by atoms with Gasteiger partial charge in [0.25, 0.3) is 0 Å². The van der Waals surface area contributed by atoms with Crippen LogP contribution >= 0.6 is 11.6 Å². The highest BCUT2D eigenvalue weighted by Gasteiger charge is 2.22. The van der Waals surface area contributed by atoms with Crippen LogP contribution in [0, 0.1) is 5.92 Å². The molecule has 19 heavy (non-hydrogen) atoms. The van der Waals surface area contributed by atoms with Crippen molar-refractivity contribution < 1.29 is 9.52 Å². The molecule has 0 radical (unpaired) electrons. The molecule has 0 bridgehead atoms. The molecule has 2 unspecified atom stereocenters. The van der Waals surface area contributed by atoms with Crippen LogP contribution in [0.2, 0.25) is 5.02 Å². The lowest BCUT2D eigenvalue weighted by molar-refractivity contribution is 0.0793. The first kappa shape index (κ1) is 14.4. The van der Waals surface area contributed by atoms with Gasteiger partial charge in [0.05, 0.1) is 0 Å². The number of hydrogen-bond donors (Lipinski definition) is 1. The van der Waals surface area contributed by atoms with Gasteiger partial charge in [-0.25, -0.2) is 0 Å². The van der Waals surface area contributed by atoms with Crippen LogP contribution in [0.5, 0.6) is 0 Å². The molecule has 0 spiro atoms. The van der Waals surface area contributed by atoms with Crippen molar-refractivity contribution in [2.75, 3.05) is 0 Å². The summed E-state index contributed by atoms with van der Waals surface area (Å²) in [5.74, 6) is 0.913. The van der Waals surface area contributed by atoms with Crippen molar-refractivity contribution in [2.24, 2.45) is 5.92 Å². The lowest BCUT2D eigenvalue weighted by Crippen LogP contribution is -2.11. The van der Waals surface area contributed by atoms with Gasteiger partial charge in [0, 0.05) is 10.4 Å². The molecule has 1 N–H and O–H groups in total. The third kappa shape index (κ3) is 3.31. The van der Waals surface area contributed by atoms with E-state index in [1.807, 2.05) is 18.2 Å². The first-order valence-corrected chi connectivity index (χ1v) is 7.40. The van der Waals surface area contributed by atoms with Crippen LogP contribution in [0.25, 0.3) is 11.0 Å². The molecule has 0 fully saturated rings. The summed E-state index contributed by atoms with van der Waals surface area (Å²) in [5.41, 5.74) is 0.781. The van der Waals surface area contributed by atoms with Gasteiger partial charge in [-0.15, -0.1) is 0 Å². The first-order valence-electron chi connectivity index (χ1n) is 7.02. The third-order valence-corrected chi connectivity index (χ3v) is 3.92. The zero-order valence-electron chi connectivity index (χ0n) is 11.5. The van der Waals surface area contributed by atoms with Crippen molar-refractivity contribution in [1.29, 1.82) is 0 Å². The van der Waals surface area contributed by atoms with Crippen molar-refractivity contribution in [1.82, 2.24) is 0 Å². The number of aliphatic hydroxyl groups excluding tert-OH is 1. The number of hydrogen-bond acceptors (Lipinski definition) is 2. The fraction of sp³-hybridized carbons (Fsp3) is 0.500. The summed E-state index contributed by atoms with van der Waals surface area (Å²) in [6.45, 7) is 4.28. The average Bonchev–Trinajstić information content (AvgIpc) is 2.82. The number of unbranched alkanes of at least 4 members (excludes halogenated alkanes) is 1. The summed E-state index contributed by atoms with van der Waals surface area (Å²) in [5, 5.41) is 12.1. The minimum Gasteiger partial charge on any atom is -0.458 e. The van der Waals surface area contributed by atoms with E-state index in [9.17, 15) is 5.11 Å². The van der Waals surface area contributed by atoms with Gasteiger partial charge in [-0.2, -0.15) is 0 Å². The molecule has 2 atom stereocenters. The summed E-state index contributed by atoms with van der Waals surface area (Å²) in [4.78, 5) is 0. The monoisotopic (exact) mass is 280 g/mol. The molecule has 0 saturated heterocycles. The second-order valence-corrected chi connectivity index (χ2v) is 5.52. The zero-order chi connectivity index (χ0) is 13.8. The minimum atomic E-state index is -0.525. The van der Waals surface area contributed by atoms with Gasteiger partial charge in [0.1, 0.15) is 17.4 Å². The van der Waals surface area contributed by atoms with Gasteiger partial charge in [-0.1, -0.05) is 44.7 Å². The molecule has 0 aliphatic heterocycles. The van der Waals surface area contributed by atoms with E-state index in [1.54, 1.807) is 6.07 Å². The Morgan fingerprint density at radius 2 is 2.05 bits per heavy atom. The Balaban J connectivity index is 2.22. The molecule has 104 valence electrons. The Labute approximate surface area is 119 Å². The van der Waals surface area contributed by atoms with Crippen LogP contribution in [-0.4, -0.2) is 5.11 Å². The molecule has 3 heteroatoms. The van der Waals surface area contributed by atoms with Crippen LogP contribution in [-0.2, 0) is 0 Å². The number of fused-ring (bicyclic) bond motifs is 1. The molecule has 0 aliphatic rings. The number of rotatable bonds is 6. The predicted molar refractivity (Wildman–Crippen MR) is 79.5 cm³/mol. The Bertz CT molecular complexity index is 533. The molecule has 1 aromatic carbocycles. The van der Waals surface area contributed by atoms with Gasteiger partial charge >= 0.3 is 0 Å². The van der Waals surface area contributed by atoms with Crippen LogP contribution in [0.15, 0.2) is 28.7 Å². The van der Waals surface area contributed by atoms with E-state index in [1.165, 1.54) is 0 Å². The molecule has 0 amide bonds. The molecule has 2 aromatic rings. The first-order chi connectivity index (χ1) is 9.15. The second-order valence-electron chi connectivity index (χ2n) is 5.09. The number of furan rings is 1. The molecule has 2 nitrogen and oxygen atoms in total. The average molecular weight is 281 g/mol. The van der Waals surface area contributed by atoms with E-state index in [2.05, 4.69) is 13.8 Å². The highest BCUT2D eigenvalue weighted by atomic mass is 35.5. The summed E-state index contributed by atoms with van der Waals surface area (Å²) in [6.07, 6.45) is 3.76. The number of halogens is 1. The van der Waals surface area contributed by atoms with Crippen molar-refractivity contribution >= 4 is 22.6 Å². The van der Waals surface area contributed by atoms with Crippen LogP contribution in [0.4, 0.5) is 0 Å². The number of benzene rings is 1. The standard InChI is InChI=1S/C16H21ClO2/c1-3-5-6-11(4-2)16(18)15-10-12-9-13(17)7-8-14(12)19-15/h7-11,16,18H,3-6H2,1-2H3. The Morgan fingerprint density at radius 1 is 1.26 bits per heavy atom. The molecular weight excluding hydrogens is 260 g/mol. The van der Waals surface area contributed by atoms with Crippen LogP contribution < -0.4 is 0 Å². The Morgan fingerprint density at radius 3 is 2.74 bits per heavy atom. The Kier molecular flexibility index (Phi) is 4.89. The van der Waals surface area contributed by atoms with Gasteiger partial charge in [0.2, 0.25) is 0 Å². The fourth-order valence-electron chi connectivity index (χ4n) is 2.46. The highest BCUT2D eigenvalue weighted by Crippen LogP contribution is 2.33. The molecular formula is C16H21ClO2. The molecule has 0 aliphatic carbocycles. The summed E-state index contributed by atoms with van der Waals surface area (Å²) in [7, 11) is 0. The van der Waals surface area contributed by atoms with Crippen molar-refractivity contribution in [3.63, 3.8) is 0 Å². The minimum absolute atomic E-state index is 0.260. The normalized spacial score (nSPS) is 14.7. The van der Waals surface area contributed by atoms with Gasteiger partial charge < -0.3 is 9.52 Å². The van der Waals surface area contributed by atoms with Crippen molar-refractivity contribution in [3.8, 4) is 0 Å². The van der Waals surface area contributed by atoms with E-state index in [4.69, 9.17) is 16.0 Å². The van der Waals surface area contributed by atoms with E-state index in [-0.39, 0.29) is 5.92 Å². The van der Waals surface area contributed by atoms with Gasteiger partial charge in [-0.05, 0) is 36.6 Å². The van der Waals surface area contributed by atoms with E-state index in [0.717, 1.165) is 36.7 Å². The van der Waals surface area contributed by atoms with E-state index >= 15 is 0 Å². The lowest BCUT2D eigenvalue weighted by Gasteiger charge is -2.19. The summed E-state index contributed by atoms with van der Waals surface area (Å²) < 4.78 is 5.74. The van der Waals surface area contributed by atoms with Gasteiger partial charge in [-0.3, -0.25) is 0 Å². The largest absolute Gasteiger partial charge is 0.458 e. The van der Waals surface area contributed by atoms with Gasteiger partial charge in [0.15, 0.2) is 0 Å². The molecule has 0 saturated carbocycles. The zero-order valence-corrected chi connectivity index (χ0v) is 12.3. The maximum Gasteiger partial charge on any atom is 0.134 e. The maximum absolute atomic E-state index is 10.5. The quantitative estimate of drug-likeness (QED) is 0.775. The predicted octanol–water partition coefficient (Wildman–Crippen LogP) is 5.34. The lowest BCUT2D eigenvalue weighted by atomic mass is 9.92. The highest BCUT2D eigenvalue weighted by molar-refractivity contribution is 6.31. The summed E-state index contributed by atoms with van der Waals surface area (Å²) in [6, 6.07) is 7.42. The third-order valence-electron chi connectivity index (χ3n) is 3.69. The maximum atomic E-state index is 10.5. The van der Waals surface area contributed by atoms with E-state index in [0.29, 0.717) is 10.8 Å². The smallest absolute Gasteiger partial charge is 0.134 e.